The Balaban J connectivity index is 1.26. The zero-order valence-corrected chi connectivity index (χ0v) is 19.2. The van der Waals surface area contributed by atoms with Gasteiger partial charge in [-0.15, -0.1) is 0 Å². The summed E-state index contributed by atoms with van der Waals surface area (Å²) in [5.41, 5.74) is 5.08. The molecule has 4 aromatic rings. The van der Waals surface area contributed by atoms with Gasteiger partial charge in [0.05, 0.1) is 24.3 Å². The Morgan fingerprint density at radius 3 is 2.82 bits per heavy atom. The van der Waals surface area contributed by atoms with Gasteiger partial charge >= 0.3 is 0 Å². The number of hydrogen-bond donors (Lipinski definition) is 2. The number of aryl methyl sites for hydroxylation is 2. The Labute approximate surface area is 198 Å². The summed E-state index contributed by atoms with van der Waals surface area (Å²) in [5, 5.41) is 12.6. The molecule has 1 aliphatic rings. The van der Waals surface area contributed by atoms with E-state index in [0.29, 0.717) is 11.6 Å². The van der Waals surface area contributed by atoms with Crippen LogP contribution in [0.4, 0.5) is 5.95 Å². The average molecular weight is 463 g/mol. The van der Waals surface area contributed by atoms with Gasteiger partial charge in [-0.2, -0.15) is 10.1 Å². The Morgan fingerprint density at radius 1 is 1.06 bits per heavy atom. The molecule has 0 saturated carbocycles. The topological polar surface area (TPSA) is 79.0 Å². The number of ether oxygens (including phenoxy) is 1. The van der Waals surface area contributed by atoms with Crippen LogP contribution in [0.2, 0.25) is 5.02 Å². The third-order valence-electron chi connectivity index (χ3n) is 5.98. The first-order chi connectivity index (χ1) is 16.3. The highest BCUT2D eigenvalue weighted by molar-refractivity contribution is 6.31. The van der Waals surface area contributed by atoms with Crippen LogP contribution in [0.5, 0.6) is 0 Å². The molecule has 170 valence electrons. The quantitative estimate of drug-likeness (QED) is 0.408. The number of aromatic amines is 1. The molecule has 0 unspecified atom stereocenters. The first-order valence-electron chi connectivity index (χ1n) is 11.3. The smallest absolute Gasteiger partial charge is 0.224 e. The highest BCUT2D eigenvalue weighted by Crippen LogP contribution is 2.27. The fraction of sp³-hybridized carbons (Fsp3) is 0.320. The van der Waals surface area contributed by atoms with Crippen LogP contribution in [0.3, 0.4) is 0 Å². The summed E-state index contributed by atoms with van der Waals surface area (Å²) in [7, 11) is 0. The lowest BCUT2D eigenvalue weighted by Crippen LogP contribution is -2.39. The molecular weight excluding hydrogens is 436 g/mol. The van der Waals surface area contributed by atoms with Gasteiger partial charge in [-0.1, -0.05) is 48.0 Å². The summed E-state index contributed by atoms with van der Waals surface area (Å²) in [5.74, 6) is 0.599. The van der Waals surface area contributed by atoms with Crippen molar-refractivity contribution in [3.8, 4) is 11.3 Å². The van der Waals surface area contributed by atoms with E-state index in [-0.39, 0.29) is 0 Å². The largest absolute Gasteiger partial charge is 0.379 e. The molecule has 0 spiro atoms. The van der Waals surface area contributed by atoms with Gasteiger partial charge in [0.25, 0.3) is 0 Å². The lowest BCUT2D eigenvalue weighted by atomic mass is 10.0. The molecule has 7 nitrogen and oxygen atoms in total. The maximum Gasteiger partial charge on any atom is 0.224 e. The molecule has 33 heavy (non-hydrogen) atoms. The minimum atomic E-state index is 0.599. The van der Waals surface area contributed by atoms with Gasteiger partial charge in [-0.05, 0) is 36.1 Å². The normalized spacial score (nSPS) is 14.6. The highest BCUT2D eigenvalue weighted by Gasteiger charge is 2.13. The number of H-pyrrole nitrogens is 1. The van der Waals surface area contributed by atoms with Crippen LogP contribution >= 0.6 is 11.6 Å². The van der Waals surface area contributed by atoms with E-state index >= 15 is 0 Å². The fourth-order valence-electron chi connectivity index (χ4n) is 4.12. The summed E-state index contributed by atoms with van der Waals surface area (Å²) in [6.45, 7) is 5.29. The Morgan fingerprint density at radius 2 is 1.94 bits per heavy atom. The molecule has 5 rings (SSSR count). The van der Waals surface area contributed by atoms with E-state index in [4.69, 9.17) is 16.3 Å². The molecule has 2 aromatic carbocycles. The number of aromatic nitrogens is 4. The molecular formula is C25H27ClN6O. The standard InChI is InChI=1S/C25H27ClN6O/c26-22-7-2-1-5-19(22)9-8-18-4-3-6-20(16-18)23-21-17-28-25(29-24(21)31-30-23)27-10-11-32-12-14-33-15-13-32/h1-7,16-17H,8-15H2,(H2,27,28,29,30,31). The molecule has 1 aliphatic heterocycles. The second kappa shape index (κ2) is 10.3. The van der Waals surface area contributed by atoms with E-state index in [9.17, 15) is 0 Å². The number of fused-ring (bicyclic) bond motifs is 1. The molecule has 3 heterocycles. The highest BCUT2D eigenvalue weighted by atomic mass is 35.5. The van der Waals surface area contributed by atoms with Crippen molar-refractivity contribution < 1.29 is 4.74 Å². The zero-order valence-electron chi connectivity index (χ0n) is 18.4. The van der Waals surface area contributed by atoms with Gasteiger partial charge < -0.3 is 10.1 Å². The van der Waals surface area contributed by atoms with Crippen molar-refractivity contribution in [2.45, 2.75) is 12.8 Å². The van der Waals surface area contributed by atoms with Crippen molar-refractivity contribution >= 4 is 28.6 Å². The van der Waals surface area contributed by atoms with Gasteiger partial charge in [-0.25, -0.2) is 4.98 Å². The van der Waals surface area contributed by atoms with Crippen LogP contribution in [-0.4, -0.2) is 64.5 Å². The summed E-state index contributed by atoms with van der Waals surface area (Å²) in [6.07, 6.45) is 3.65. The number of halogens is 1. The molecule has 0 bridgehead atoms. The SMILES string of the molecule is Clc1ccccc1CCc1cccc(-c2[nH]nc3nc(NCCN4CCOCC4)ncc23)c1. The van der Waals surface area contributed by atoms with E-state index in [2.05, 4.69) is 60.7 Å². The zero-order chi connectivity index (χ0) is 22.5. The second-order valence-electron chi connectivity index (χ2n) is 8.20. The predicted molar refractivity (Wildman–Crippen MR) is 132 cm³/mol. The maximum atomic E-state index is 6.31. The van der Waals surface area contributed by atoms with Gasteiger partial charge in [0.2, 0.25) is 5.95 Å². The summed E-state index contributed by atoms with van der Waals surface area (Å²) >= 11 is 6.31. The number of rotatable bonds is 8. The predicted octanol–water partition coefficient (Wildman–Crippen LogP) is 4.20. The van der Waals surface area contributed by atoms with E-state index in [1.165, 1.54) is 11.1 Å². The molecule has 1 fully saturated rings. The molecule has 2 N–H and O–H groups in total. The van der Waals surface area contributed by atoms with Crippen molar-refractivity contribution in [1.29, 1.82) is 0 Å². The van der Waals surface area contributed by atoms with Gasteiger partial charge in [-0.3, -0.25) is 10.00 Å². The third-order valence-corrected chi connectivity index (χ3v) is 6.35. The van der Waals surface area contributed by atoms with E-state index in [1.54, 1.807) is 0 Å². The van der Waals surface area contributed by atoms with Crippen LogP contribution in [0.1, 0.15) is 11.1 Å². The van der Waals surface area contributed by atoms with E-state index in [1.807, 2.05) is 24.4 Å². The molecule has 0 radical (unpaired) electrons. The van der Waals surface area contributed by atoms with Crippen molar-refractivity contribution in [2.75, 3.05) is 44.7 Å². The minimum Gasteiger partial charge on any atom is -0.379 e. The summed E-state index contributed by atoms with van der Waals surface area (Å²) < 4.78 is 5.39. The second-order valence-corrected chi connectivity index (χ2v) is 8.61. The number of benzene rings is 2. The minimum absolute atomic E-state index is 0.599. The molecule has 0 aliphatic carbocycles. The van der Waals surface area contributed by atoms with Crippen LogP contribution in [0, 0.1) is 0 Å². The lowest BCUT2D eigenvalue weighted by Gasteiger charge is -2.26. The van der Waals surface area contributed by atoms with Crippen LogP contribution < -0.4 is 5.32 Å². The molecule has 1 saturated heterocycles. The van der Waals surface area contributed by atoms with Gasteiger partial charge in [0.15, 0.2) is 5.65 Å². The number of nitrogens with one attached hydrogen (secondary N) is 2. The van der Waals surface area contributed by atoms with Crippen molar-refractivity contribution in [2.24, 2.45) is 0 Å². The molecule has 2 aromatic heterocycles. The Hall–Kier alpha value is -3.00. The van der Waals surface area contributed by atoms with Gasteiger partial charge in [0, 0.05) is 43.0 Å². The fourth-order valence-corrected chi connectivity index (χ4v) is 4.35. The Bertz CT molecular complexity index is 1220. The lowest BCUT2D eigenvalue weighted by molar-refractivity contribution is 0.0398. The monoisotopic (exact) mass is 462 g/mol. The van der Waals surface area contributed by atoms with Crippen molar-refractivity contribution in [1.82, 2.24) is 25.1 Å². The van der Waals surface area contributed by atoms with Crippen LogP contribution in [0.25, 0.3) is 22.3 Å². The summed E-state index contributed by atoms with van der Waals surface area (Å²) in [4.78, 5) is 11.5. The van der Waals surface area contributed by atoms with Crippen LogP contribution in [0.15, 0.2) is 54.7 Å². The molecule has 8 heteroatoms. The van der Waals surface area contributed by atoms with Crippen molar-refractivity contribution in [3.05, 3.63) is 70.9 Å². The average Bonchev–Trinajstić information content (AvgIpc) is 3.28. The summed E-state index contributed by atoms with van der Waals surface area (Å²) in [6, 6.07) is 16.5. The number of hydrogen-bond acceptors (Lipinski definition) is 6. The first-order valence-corrected chi connectivity index (χ1v) is 11.7. The number of anilines is 1. The van der Waals surface area contributed by atoms with Gasteiger partial charge in [0.1, 0.15) is 0 Å². The first kappa shape index (κ1) is 21.8. The maximum absolute atomic E-state index is 6.31. The number of nitrogens with zero attached hydrogens (tertiary/aromatic N) is 4. The third kappa shape index (κ3) is 5.33. The number of morpholine rings is 1. The van der Waals surface area contributed by atoms with E-state index < -0.39 is 0 Å². The van der Waals surface area contributed by atoms with Crippen LogP contribution in [-0.2, 0) is 17.6 Å². The molecule has 0 amide bonds. The Kier molecular flexibility index (Phi) is 6.81. The van der Waals surface area contributed by atoms with E-state index in [0.717, 1.165) is 73.9 Å². The van der Waals surface area contributed by atoms with Crippen molar-refractivity contribution in [3.63, 3.8) is 0 Å². The molecule has 0 atom stereocenters.